The van der Waals surface area contributed by atoms with Gasteiger partial charge in [-0.3, -0.25) is 19.7 Å². The van der Waals surface area contributed by atoms with Gasteiger partial charge in [-0.1, -0.05) is 6.07 Å². The Kier molecular flexibility index (Phi) is 6.60. The van der Waals surface area contributed by atoms with E-state index < -0.39 is 0 Å². The van der Waals surface area contributed by atoms with Gasteiger partial charge >= 0.3 is 0 Å². The van der Waals surface area contributed by atoms with E-state index in [1.807, 2.05) is 6.20 Å². The average molecular weight is 464 g/mol. The Bertz CT molecular complexity index is 1150. The second-order valence-corrected chi connectivity index (χ2v) is 9.25. The summed E-state index contributed by atoms with van der Waals surface area (Å²) in [6.45, 7) is 5.39. The zero-order valence-corrected chi connectivity index (χ0v) is 19.2. The third-order valence-electron chi connectivity index (χ3n) is 6.74. The summed E-state index contributed by atoms with van der Waals surface area (Å²) < 4.78 is 19.4. The van der Waals surface area contributed by atoms with Crippen molar-refractivity contribution in [3.63, 3.8) is 0 Å². The maximum absolute atomic E-state index is 13.4. The number of fused-ring (bicyclic) bond motifs is 1. The number of amides is 1. The first-order valence-corrected chi connectivity index (χ1v) is 11.8. The van der Waals surface area contributed by atoms with Gasteiger partial charge in [0.2, 0.25) is 5.91 Å². The number of carbonyl (C=O) groups is 1. The Hall–Kier alpha value is -3.23. The second kappa shape index (κ2) is 9.95. The van der Waals surface area contributed by atoms with Crippen LogP contribution in [0.1, 0.15) is 29.5 Å². The molecule has 2 aliphatic rings. The van der Waals surface area contributed by atoms with Gasteiger partial charge in [0.15, 0.2) is 0 Å². The van der Waals surface area contributed by atoms with Gasteiger partial charge < -0.3 is 10.5 Å². The lowest BCUT2D eigenvalue weighted by atomic mass is 9.97. The summed E-state index contributed by atoms with van der Waals surface area (Å²) in [6, 6.07) is 12.9. The van der Waals surface area contributed by atoms with Gasteiger partial charge in [0.25, 0.3) is 0 Å². The fraction of sp³-hybridized carbons (Fsp3) is 0.385. The molecule has 7 nitrogen and oxygen atoms in total. The molecule has 178 valence electrons. The number of aromatic amines is 1. The quantitative estimate of drug-likeness (QED) is 0.586. The minimum Gasteiger partial charge on any atom is -0.492 e. The van der Waals surface area contributed by atoms with Gasteiger partial charge in [-0.05, 0) is 61.3 Å². The van der Waals surface area contributed by atoms with Crippen LogP contribution in [0.15, 0.2) is 48.7 Å². The molecule has 1 saturated heterocycles. The summed E-state index contributed by atoms with van der Waals surface area (Å²) in [5.41, 5.74) is 10.8. The molecular weight excluding hydrogens is 433 g/mol. The molecule has 1 fully saturated rings. The number of primary amides is 1. The van der Waals surface area contributed by atoms with Crippen molar-refractivity contribution in [2.24, 2.45) is 11.7 Å². The average Bonchev–Trinajstić information content (AvgIpc) is 3.19. The van der Waals surface area contributed by atoms with Crippen LogP contribution in [0.5, 0.6) is 5.75 Å². The van der Waals surface area contributed by atoms with Crippen molar-refractivity contribution in [2.75, 3.05) is 26.2 Å². The summed E-state index contributed by atoms with van der Waals surface area (Å²) in [4.78, 5) is 16.3. The van der Waals surface area contributed by atoms with E-state index in [0.717, 1.165) is 73.7 Å². The maximum Gasteiger partial charge on any atom is 0.221 e. The number of likely N-dealkylation sites (tertiary alicyclic amines) is 1. The molecule has 5 rings (SSSR count). The van der Waals surface area contributed by atoms with Crippen molar-refractivity contribution in [1.82, 2.24) is 20.0 Å². The molecule has 2 aliphatic heterocycles. The zero-order valence-electron chi connectivity index (χ0n) is 19.2. The van der Waals surface area contributed by atoms with Gasteiger partial charge in [0.1, 0.15) is 18.2 Å². The minimum absolute atomic E-state index is 0.0568. The standard InChI is InChI=1S/C26H30FN5O2/c27-23-6-4-19(5-7-23)25-22(13-29-30-25)17-32-10-11-34-24-8-3-18(12-21(24)16-32)14-31-9-1-2-20(15-31)26(28)33/h3-8,12-13,20H,1-2,9-11,14-17H2,(H2,28,33)(H,29,30). The van der Waals surface area contributed by atoms with E-state index in [1.54, 1.807) is 12.1 Å². The highest BCUT2D eigenvalue weighted by Gasteiger charge is 2.24. The summed E-state index contributed by atoms with van der Waals surface area (Å²) >= 11 is 0. The Labute approximate surface area is 198 Å². The molecule has 34 heavy (non-hydrogen) atoms. The fourth-order valence-corrected chi connectivity index (χ4v) is 4.96. The number of carbonyl (C=O) groups excluding carboxylic acids is 1. The predicted octanol–water partition coefficient (Wildman–Crippen LogP) is 3.31. The molecule has 0 aliphatic carbocycles. The number of piperidine rings is 1. The number of nitrogens with two attached hydrogens (primary N) is 1. The Morgan fingerprint density at radius 2 is 2.00 bits per heavy atom. The number of hydrogen-bond acceptors (Lipinski definition) is 5. The zero-order chi connectivity index (χ0) is 23.5. The van der Waals surface area contributed by atoms with E-state index in [0.29, 0.717) is 13.2 Å². The van der Waals surface area contributed by atoms with Crippen molar-refractivity contribution in [1.29, 1.82) is 0 Å². The summed E-state index contributed by atoms with van der Waals surface area (Å²) in [5.74, 6) is 0.413. The molecule has 0 radical (unpaired) electrons. The molecule has 3 heterocycles. The molecule has 1 atom stereocenters. The van der Waals surface area contributed by atoms with E-state index in [4.69, 9.17) is 10.5 Å². The van der Waals surface area contributed by atoms with Crippen molar-refractivity contribution in [2.45, 2.75) is 32.5 Å². The first-order valence-electron chi connectivity index (χ1n) is 11.8. The van der Waals surface area contributed by atoms with Crippen LogP contribution in [-0.2, 0) is 24.4 Å². The van der Waals surface area contributed by atoms with Gasteiger partial charge in [-0.2, -0.15) is 5.10 Å². The number of halogens is 1. The normalized spacial score (nSPS) is 19.3. The monoisotopic (exact) mass is 463 g/mol. The summed E-state index contributed by atoms with van der Waals surface area (Å²) in [7, 11) is 0. The highest BCUT2D eigenvalue weighted by Crippen LogP contribution is 2.28. The van der Waals surface area contributed by atoms with Crippen LogP contribution in [-0.4, -0.2) is 52.1 Å². The SMILES string of the molecule is NC(=O)C1CCCN(Cc2ccc3c(c2)CN(Cc2cn[nH]c2-c2ccc(F)cc2)CCO3)C1. The van der Waals surface area contributed by atoms with Crippen LogP contribution in [0, 0.1) is 11.7 Å². The number of benzene rings is 2. The Morgan fingerprint density at radius 3 is 2.82 bits per heavy atom. The molecule has 0 saturated carbocycles. The molecule has 0 spiro atoms. The molecular formula is C26H30FN5O2. The number of aromatic nitrogens is 2. The summed E-state index contributed by atoms with van der Waals surface area (Å²) in [5, 5.41) is 7.30. The number of hydrogen-bond donors (Lipinski definition) is 2. The predicted molar refractivity (Wildman–Crippen MR) is 127 cm³/mol. The third kappa shape index (κ3) is 5.13. The van der Waals surface area contributed by atoms with E-state index in [2.05, 4.69) is 38.2 Å². The topological polar surface area (TPSA) is 87.5 Å². The number of nitrogens with zero attached hydrogens (tertiary/aromatic N) is 3. The minimum atomic E-state index is -0.253. The molecule has 2 aromatic carbocycles. The van der Waals surface area contributed by atoms with Crippen molar-refractivity contribution < 1.29 is 13.9 Å². The van der Waals surface area contributed by atoms with Gasteiger partial charge in [0, 0.05) is 49.4 Å². The van der Waals surface area contributed by atoms with Crippen LogP contribution in [0.2, 0.25) is 0 Å². The number of H-pyrrole nitrogens is 1. The Balaban J connectivity index is 1.29. The number of nitrogens with one attached hydrogen (secondary N) is 1. The summed E-state index contributed by atoms with van der Waals surface area (Å²) in [6.07, 6.45) is 3.72. The molecule has 8 heteroatoms. The van der Waals surface area contributed by atoms with E-state index in [-0.39, 0.29) is 17.6 Å². The molecule has 1 amide bonds. The Morgan fingerprint density at radius 1 is 1.15 bits per heavy atom. The van der Waals surface area contributed by atoms with Crippen LogP contribution >= 0.6 is 0 Å². The highest BCUT2D eigenvalue weighted by atomic mass is 19.1. The van der Waals surface area contributed by atoms with Gasteiger partial charge in [-0.25, -0.2) is 4.39 Å². The number of rotatable bonds is 6. The largest absolute Gasteiger partial charge is 0.492 e. The number of ether oxygens (including phenoxy) is 1. The lowest BCUT2D eigenvalue weighted by Gasteiger charge is -2.31. The lowest BCUT2D eigenvalue weighted by molar-refractivity contribution is -0.123. The molecule has 1 aromatic heterocycles. The van der Waals surface area contributed by atoms with Crippen molar-refractivity contribution in [3.05, 3.63) is 71.2 Å². The smallest absolute Gasteiger partial charge is 0.221 e. The third-order valence-corrected chi connectivity index (χ3v) is 6.74. The van der Waals surface area contributed by atoms with Gasteiger partial charge in [0.05, 0.1) is 17.8 Å². The first-order chi connectivity index (χ1) is 16.5. The molecule has 1 unspecified atom stereocenters. The van der Waals surface area contributed by atoms with Crippen LogP contribution in [0.25, 0.3) is 11.3 Å². The second-order valence-electron chi connectivity index (χ2n) is 9.25. The van der Waals surface area contributed by atoms with E-state index in [1.165, 1.54) is 17.7 Å². The van der Waals surface area contributed by atoms with Crippen molar-refractivity contribution >= 4 is 5.91 Å². The van der Waals surface area contributed by atoms with Crippen LogP contribution in [0.3, 0.4) is 0 Å². The molecule has 3 N–H and O–H groups in total. The maximum atomic E-state index is 13.4. The first kappa shape index (κ1) is 22.6. The van der Waals surface area contributed by atoms with E-state index in [9.17, 15) is 9.18 Å². The fourth-order valence-electron chi connectivity index (χ4n) is 4.96. The van der Waals surface area contributed by atoms with E-state index >= 15 is 0 Å². The molecule has 0 bridgehead atoms. The van der Waals surface area contributed by atoms with Crippen LogP contribution < -0.4 is 10.5 Å². The highest BCUT2D eigenvalue weighted by molar-refractivity contribution is 5.76. The lowest BCUT2D eigenvalue weighted by Crippen LogP contribution is -2.40. The van der Waals surface area contributed by atoms with Crippen molar-refractivity contribution in [3.8, 4) is 17.0 Å². The van der Waals surface area contributed by atoms with Gasteiger partial charge in [-0.15, -0.1) is 0 Å². The molecule has 3 aromatic rings. The van der Waals surface area contributed by atoms with Crippen LogP contribution in [0.4, 0.5) is 4.39 Å².